The third-order valence-corrected chi connectivity index (χ3v) is 4.82. The number of aliphatic imine (C=N–C) groups is 1. The van der Waals surface area contributed by atoms with E-state index in [1.54, 1.807) is 0 Å². The molecule has 3 rings (SSSR count). The van der Waals surface area contributed by atoms with Gasteiger partial charge in [0.1, 0.15) is 0 Å². The second-order valence-electron chi connectivity index (χ2n) is 6.75. The molecule has 3 heterocycles. The summed E-state index contributed by atoms with van der Waals surface area (Å²) in [4.78, 5) is 10.0. The Labute approximate surface area is 136 Å². The topological polar surface area (TPSA) is 42.9 Å². The highest BCUT2D eigenvalue weighted by Crippen LogP contribution is 2.15. The Morgan fingerprint density at radius 1 is 1.18 bits per heavy atom. The van der Waals surface area contributed by atoms with Crippen molar-refractivity contribution in [3.8, 4) is 0 Å². The third-order valence-electron chi connectivity index (χ3n) is 4.82. The Morgan fingerprint density at radius 2 is 1.95 bits per heavy atom. The van der Waals surface area contributed by atoms with Crippen LogP contribution < -0.4 is 10.6 Å². The van der Waals surface area contributed by atoms with Crippen molar-refractivity contribution in [1.82, 2.24) is 20.4 Å². The molecule has 3 saturated heterocycles. The number of unbranched alkanes of at least 4 members (excludes halogenated alkanes) is 2. The minimum atomic E-state index is 0.496. The number of hydrogen-bond donors (Lipinski definition) is 2. The summed E-state index contributed by atoms with van der Waals surface area (Å²) in [6, 6.07) is 1.10. The van der Waals surface area contributed by atoms with Gasteiger partial charge in [0.05, 0.1) is 6.54 Å². The molecule has 0 saturated carbocycles. The normalized spacial score (nSPS) is 29.4. The molecule has 0 aromatic carbocycles. The summed E-state index contributed by atoms with van der Waals surface area (Å²) in [5.74, 6) is 0.990. The zero-order chi connectivity index (χ0) is 15.8. The van der Waals surface area contributed by atoms with Crippen LogP contribution in [-0.4, -0.2) is 73.7 Å². The first-order valence-electron chi connectivity index (χ1n) is 9.24. The van der Waals surface area contributed by atoms with Crippen LogP contribution in [0.4, 0.5) is 0 Å². The van der Waals surface area contributed by atoms with E-state index >= 15 is 0 Å². The van der Waals surface area contributed by atoms with E-state index in [9.17, 15) is 0 Å². The van der Waals surface area contributed by atoms with Gasteiger partial charge in [-0.3, -0.25) is 14.8 Å². The number of guanidine groups is 1. The van der Waals surface area contributed by atoms with Crippen molar-refractivity contribution in [2.75, 3.05) is 45.8 Å². The fraction of sp³-hybridized carbons (Fsp3) is 0.941. The van der Waals surface area contributed by atoms with Crippen LogP contribution in [0.25, 0.3) is 0 Å². The van der Waals surface area contributed by atoms with Crippen LogP contribution >= 0.6 is 0 Å². The van der Waals surface area contributed by atoms with Crippen molar-refractivity contribution in [2.24, 2.45) is 4.99 Å². The standard InChI is InChI=1S/C17H35N5/c1-4-6-7-8-15(3)20-17(18-5-2)19-13-16-14-21-9-11-22(16)12-10-21/h15-16H,4-14H2,1-3H3,(H2,18,19,20). The lowest BCUT2D eigenvalue weighted by molar-refractivity contribution is 0.0174. The maximum absolute atomic E-state index is 4.85. The summed E-state index contributed by atoms with van der Waals surface area (Å²) < 4.78 is 0. The van der Waals surface area contributed by atoms with Crippen LogP contribution in [0, 0.1) is 0 Å². The SMILES string of the molecule is CCCCCC(C)NC(=NCC1CN2CCN1CC2)NCC. The van der Waals surface area contributed by atoms with Gasteiger partial charge in [-0.25, -0.2) is 0 Å². The molecule has 0 radical (unpaired) electrons. The zero-order valence-corrected chi connectivity index (χ0v) is 14.8. The molecule has 2 atom stereocenters. The minimum absolute atomic E-state index is 0.496. The van der Waals surface area contributed by atoms with E-state index in [2.05, 4.69) is 41.2 Å². The number of nitrogens with zero attached hydrogens (tertiary/aromatic N) is 3. The van der Waals surface area contributed by atoms with Gasteiger partial charge in [-0.15, -0.1) is 0 Å². The van der Waals surface area contributed by atoms with E-state index in [1.165, 1.54) is 58.4 Å². The van der Waals surface area contributed by atoms with Gasteiger partial charge >= 0.3 is 0 Å². The monoisotopic (exact) mass is 309 g/mol. The van der Waals surface area contributed by atoms with E-state index in [1.807, 2.05) is 0 Å². The van der Waals surface area contributed by atoms with Crippen molar-refractivity contribution >= 4 is 5.96 Å². The van der Waals surface area contributed by atoms with Gasteiger partial charge in [0.2, 0.25) is 0 Å². The van der Waals surface area contributed by atoms with Gasteiger partial charge in [0.25, 0.3) is 0 Å². The number of hydrogen-bond acceptors (Lipinski definition) is 3. The van der Waals surface area contributed by atoms with E-state index in [0.717, 1.165) is 19.0 Å². The van der Waals surface area contributed by atoms with Crippen LogP contribution in [0.3, 0.4) is 0 Å². The zero-order valence-electron chi connectivity index (χ0n) is 14.8. The highest BCUT2D eigenvalue weighted by molar-refractivity contribution is 5.80. The van der Waals surface area contributed by atoms with E-state index in [0.29, 0.717) is 12.1 Å². The third kappa shape index (κ3) is 5.43. The lowest BCUT2D eigenvalue weighted by atomic mass is 10.1. The van der Waals surface area contributed by atoms with Crippen molar-refractivity contribution in [1.29, 1.82) is 0 Å². The number of rotatable bonds is 8. The lowest BCUT2D eigenvalue weighted by Crippen LogP contribution is -2.62. The van der Waals surface area contributed by atoms with E-state index < -0.39 is 0 Å². The molecule has 5 nitrogen and oxygen atoms in total. The highest BCUT2D eigenvalue weighted by Gasteiger charge is 2.31. The van der Waals surface area contributed by atoms with Crippen molar-refractivity contribution in [3.63, 3.8) is 0 Å². The fourth-order valence-electron chi connectivity index (χ4n) is 3.42. The molecule has 0 amide bonds. The summed E-state index contributed by atoms with van der Waals surface area (Å²) in [6.07, 6.45) is 5.14. The first kappa shape index (κ1) is 17.5. The maximum Gasteiger partial charge on any atom is 0.191 e. The smallest absolute Gasteiger partial charge is 0.191 e. The molecule has 3 aliphatic heterocycles. The molecule has 0 aliphatic carbocycles. The Bertz CT molecular complexity index is 336. The lowest BCUT2D eigenvalue weighted by Gasteiger charge is -2.47. The molecule has 3 fully saturated rings. The van der Waals surface area contributed by atoms with Crippen LogP contribution in [0.2, 0.25) is 0 Å². The van der Waals surface area contributed by atoms with Gasteiger partial charge in [0, 0.05) is 51.4 Å². The molecule has 3 aliphatic rings. The van der Waals surface area contributed by atoms with Crippen LogP contribution in [0.5, 0.6) is 0 Å². The first-order chi connectivity index (χ1) is 10.7. The molecule has 5 heteroatoms. The van der Waals surface area contributed by atoms with Crippen molar-refractivity contribution < 1.29 is 0 Å². The summed E-state index contributed by atoms with van der Waals surface area (Å²) in [5.41, 5.74) is 0. The molecule has 2 unspecified atom stereocenters. The average Bonchev–Trinajstić information content (AvgIpc) is 2.54. The second kappa shape index (κ2) is 9.36. The molecule has 2 N–H and O–H groups in total. The molecule has 2 bridgehead atoms. The predicted octanol–water partition coefficient (Wildman–Crippen LogP) is 1.51. The molecule has 0 spiro atoms. The molecule has 0 aromatic heterocycles. The van der Waals surface area contributed by atoms with Gasteiger partial charge in [-0.1, -0.05) is 26.2 Å². The predicted molar refractivity (Wildman–Crippen MR) is 94.5 cm³/mol. The molecule has 0 aromatic rings. The average molecular weight is 310 g/mol. The molecular weight excluding hydrogens is 274 g/mol. The first-order valence-corrected chi connectivity index (χ1v) is 9.24. The summed E-state index contributed by atoms with van der Waals surface area (Å²) >= 11 is 0. The molecule has 128 valence electrons. The Balaban J connectivity index is 1.79. The molecule has 22 heavy (non-hydrogen) atoms. The van der Waals surface area contributed by atoms with Crippen LogP contribution in [0.15, 0.2) is 4.99 Å². The fourth-order valence-corrected chi connectivity index (χ4v) is 3.42. The Morgan fingerprint density at radius 3 is 2.55 bits per heavy atom. The summed E-state index contributed by atoms with van der Waals surface area (Å²) in [7, 11) is 0. The summed E-state index contributed by atoms with van der Waals surface area (Å²) in [5, 5.41) is 6.96. The quantitative estimate of drug-likeness (QED) is 0.405. The minimum Gasteiger partial charge on any atom is -0.357 e. The van der Waals surface area contributed by atoms with Crippen LogP contribution in [0.1, 0.15) is 46.5 Å². The number of fused-ring (bicyclic) bond motifs is 3. The van der Waals surface area contributed by atoms with Crippen molar-refractivity contribution in [2.45, 2.75) is 58.5 Å². The second-order valence-corrected chi connectivity index (χ2v) is 6.75. The van der Waals surface area contributed by atoms with Crippen molar-refractivity contribution in [3.05, 3.63) is 0 Å². The van der Waals surface area contributed by atoms with Gasteiger partial charge < -0.3 is 10.6 Å². The summed E-state index contributed by atoms with van der Waals surface area (Å²) in [6.45, 7) is 14.6. The molecular formula is C17H35N5. The van der Waals surface area contributed by atoms with E-state index in [-0.39, 0.29) is 0 Å². The number of piperazine rings is 3. The maximum atomic E-state index is 4.85. The highest BCUT2D eigenvalue weighted by atomic mass is 15.3. The van der Waals surface area contributed by atoms with Crippen LogP contribution in [-0.2, 0) is 0 Å². The Hall–Kier alpha value is -0.810. The van der Waals surface area contributed by atoms with E-state index in [4.69, 9.17) is 4.99 Å². The van der Waals surface area contributed by atoms with Gasteiger partial charge in [0.15, 0.2) is 5.96 Å². The Kier molecular flexibility index (Phi) is 7.46. The number of nitrogens with one attached hydrogen (secondary N) is 2. The largest absolute Gasteiger partial charge is 0.357 e. The van der Waals surface area contributed by atoms with Gasteiger partial charge in [-0.05, 0) is 20.3 Å². The van der Waals surface area contributed by atoms with Gasteiger partial charge in [-0.2, -0.15) is 0 Å².